The number of aromatic nitrogens is 1. The molecule has 0 bridgehead atoms. The normalized spacial score (nSPS) is 11.9. The van der Waals surface area contributed by atoms with Gasteiger partial charge in [-0.05, 0) is 18.2 Å². The molecule has 1 aromatic heterocycles. The SMILES string of the molecule is CN=C(NCc1cccc(N(C)C)n1)NCc1ccccc1OC(F)(F)F. The minimum absolute atomic E-state index is 0.122. The van der Waals surface area contributed by atoms with Gasteiger partial charge in [0.15, 0.2) is 5.96 Å². The molecule has 0 aliphatic heterocycles. The van der Waals surface area contributed by atoms with Crippen molar-refractivity contribution in [3.63, 3.8) is 0 Å². The Labute approximate surface area is 156 Å². The average Bonchev–Trinajstić information content (AvgIpc) is 2.62. The monoisotopic (exact) mass is 381 g/mol. The van der Waals surface area contributed by atoms with Crippen LogP contribution in [0.5, 0.6) is 5.75 Å². The van der Waals surface area contributed by atoms with Crippen LogP contribution >= 0.6 is 0 Å². The van der Waals surface area contributed by atoms with Gasteiger partial charge >= 0.3 is 6.36 Å². The molecule has 27 heavy (non-hydrogen) atoms. The van der Waals surface area contributed by atoms with E-state index in [0.29, 0.717) is 18.1 Å². The van der Waals surface area contributed by atoms with Crippen molar-refractivity contribution in [1.82, 2.24) is 15.6 Å². The quantitative estimate of drug-likeness (QED) is 0.595. The summed E-state index contributed by atoms with van der Waals surface area (Å²) >= 11 is 0. The van der Waals surface area contributed by atoms with Crippen molar-refractivity contribution < 1.29 is 17.9 Å². The molecule has 0 aliphatic rings. The second-order valence-electron chi connectivity index (χ2n) is 5.82. The van der Waals surface area contributed by atoms with Gasteiger partial charge in [-0.25, -0.2) is 4.98 Å². The largest absolute Gasteiger partial charge is 0.573 e. The van der Waals surface area contributed by atoms with Crippen molar-refractivity contribution in [2.75, 3.05) is 26.0 Å². The van der Waals surface area contributed by atoms with Crippen molar-refractivity contribution in [3.8, 4) is 5.75 Å². The van der Waals surface area contributed by atoms with Gasteiger partial charge in [-0.2, -0.15) is 0 Å². The maximum Gasteiger partial charge on any atom is 0.573 e. The summed E-state index contributed by atoms with van der Waals surface area (Å²) in [5.41, 5.74) is 1.18. The van der Waals surface area contributed by atoms with Gasteiger partial charge in [-0.15, -0.1) is 13.2 Å². The number of benzene rings is 1. The molecule has 1 heterocycles. The summed E-state index contributed by atoms with van der Waals surface area (Å²) in [6, 6.07) is 11.6. The van der Waals surface area contributed by atoms with E-state index >= 15 is 0 Å². The summed E-state index contributed by atoms with van der Waals surface area (Å²) in [4.78, 5) is 10.5. The van der Waals surface area contributed by atoms with Gasteiger partial charge in [0.05, 0.1) is 12.2 Å². The number of guanidine groups is 1. The summed E-state index contributed by atoms with van der Waals surface area (Å²) in [6.07, 6.45) is -4.74. The molecule has 2 rings (SSSR count). The summed E-state index contributed by atoms with van der Waals surface area (Å²) in [5, 5.41) is 6.06. The fraction of sp³-hybridized carbons (Fsp3) is 0.333. The van der Waals surface area contributed by atoms with Crippen LogP contribution in [0.15, 0.2) is 47.5 Å². The zero-order chi connectivity index (χ0) is 19.9. The molecule has 0 saturated carbocycles. The Morgan fingerprint density at radius 2 is 1.78 bits per heavy atom. The molecule has 1 aromatic carbocycles. The van der Waals surface area contributed by atoms with Gasteiger partial charge in [0.1, 0.15) is 11.6 Å². The molecule has 0 fully saturated rings. The van der Waals surface area contributed by atoms with Crippen LogP contribution in [0.3, 0.4) is 0 Å². The lowest BCUT2D eigenvalue weighted by Gasteiger charge is -2.16. The van der Waals surface area contributed by atoms with E-state index in [1.54, 1.807) is 19.2 Å². The molecule has 0 unspecified atom stereocenters. The Morgan fingerprint density at radius 3 is 2.44 bits per heavy atom. The van der Waals surface area contributed by atoms with Crippen LogP contribution in [0.4, 0.5) is 19.0 Å². The van der Waals surface area contributed by atoms with Crippen LogP contribution in [0.2, 0.25) is 0 Å². The highest BCUT2D eigenvalue weighted by molar-refractivity contribution is 5.79. The number of halogens is 3. The standard InChI is InChI=1S/C18H22F3N5O/c1-22-17(24-12-14-8-6-10-16(25-14)26(2)3)23-11-13-7-4-5-9-15(13)27-18(19,20)21/h4-10H,11-12H2,1-3H3,(H2,22,23,24). The lowest BCUT2D eigenvalue weighted by atomic mass is 10.2. The minimum Gasteiger partial charge on any atom is -0.405 e. The Bertz CT molecular complexity index is 778. The van der Waals surface area contributed by atoms with E-state index in [1.807, 2.05) is 37.2 Å². The summed E-state index contributed by atoms with van der Waals surface area (Å²) in [5.74, 6) is 1.03. The molecule has 0 saturated heterocycles. The third kappa shape index (κ3) is 6.69. The predicted molar refractivity (Wildman–Crippen MR) is 98.7 cm³/mol. The topological polar surface area (TPSA) is 61.8 Å². The van der Waals surface area contributed by atoms with Gasteiger partial charge in [0.25, 0.3) is 0 Å². The minimum atomic E-state index is -4.74. The summed E-state index contributed by atoms with van der Waals surface area (Å²) in [7, 11) is 5.39. The number of hydrogen-bond acceptors (Lipinski definition) is 4. The number of rotatable bonds is 6. The third-order valence-corrected chi connectivity index (χ3v) is 3.56. The Morgan fingerprint density at radius 1 is 1.07 bits per heavy atom. The van der Waals surface area contributed by atoms with Gasteiger partial charge < -0.3 is 20.3 Å². The lowest BCUT2D eigenvalue weighted by Crippen LogP contribution is -2.36. The fourth-order valence-corrected chi connectivity index (χ4v) is 2.26. The molecule has 0 amide bonds. The van der Waals surface area contributed by atoms with E-state index < -0.39 is 6.36 Å². The first-order valence-electron chi connectivity index (χ1n) is 8.20. The Kier molecular flexibility index (Phi) is 6.86. The maximum atomic E-state index is 12.5. The highest BCUT2D eigenvalue weighted by Crippen LogP contribution is 2.26. The number of anilines is 1. The van der Waals surface area contributed by atoms with E-state index in [-0.39, 0.29) is 12.3 Å². The average molecular weight is 381 g/mol. The molecule has 0 radical (unpaired) electrons. The molecule has 6 nitrogen and oxygen atoms in total. The molecule has 0 spiro atoms. The van der Waals surface area contributed by atoms with Crippen molar-refractivity contribution in [1.29, 1.82) is 0 Å². The predicted octanol–water partition coefficient (Wildman–Crippen LogP) is 2.91. The van der Waals surface area contributed by atoms with E-state index in [1.165, 1.54) is 12.1 Å². The highest BCUT2D eigenvalue weighted by atomic mass is 19.4. The number of alkyl halides is 3. The summed E-state index contributed by atoms with van der Waals surface area (Å²) < 4.78 is 41.5. The third-order valence-electron chi connectivity index (χ3n) is 3.56. The number of hydrogen-bond donors (Lipinski definition) is 2. The maximum absolute atomic E-state index is 12.5. The van der Waals surface area contributed by atoms with Crippen LogP contribution in [-0.4, -0.2) is 38.4 Å². The van der Waals surface area contributed by atoms with E-state index in [0.717, 1.165) is 11.5 Å². The zero-order valence-electron chi connectivity index (χ0n) is 15.3. The molecular weight excluding hydrogens is 359 g/mol. The number of nitrogens with zero attached hydrogens (tertiary/aromatic N) is 3. The summed E-state index contributed by atoms with van der Waals surface area (Å²) in [6.45, 7) is 0.541. The van der Waals surface area contributed by atoms with Gasteiger partial charge in [-0.3, -0.25) is 4.99 Å². The first-order valence-corrected chi connectivity index (χ1v) is 8.20. The zero-order valence-corrected chi connectivity index (χ0v) is 15.3. The van der Waals surface area contributed by atoms with Crippen LogP contribution in [-0.2, 0) is 13.1 Å². The van der Waals surface area contributed by atoms with Gasteiger partial charge in [-0.1, -0.05) is 24.3 Å². The van der Waals surface area contributed by atoms with E-state index in [4.69, 9.17) is 0 Å². The number of pyridine rings is 1. The smallest absolute Gasteiger partial charge is 0.405 e. The van der Waals surface area contributed by atoms with Crippen LogP contribution in [0.1, 0.15) is 11.3 Å². The second kappa shape index (κ2) is 9.11. The molecule has 0 aliphatic carbocycles. The Hall–Kier alpha value is -2.97. The van der Waals surface area contributed by atoms with E-state index in [9.17, 15) is 13.2 Å². The number of aliphatic imine (C=N–C) groups is 1. The van der Waals surface area contributed by atoms with Crippen molar-refractivity contribution in [2.24, 2.45) is 4.99 Å². The molecule has 0 atom stereocenters. The first-order chi connectivity index (χ1) is 12.8. The van der Waals surface area contributed by atoms with E-state index in [2.05, 4.69) is 25.3 Å². The lowest BCUT2D eigenvalue weighted by molar-refractivity contribution is -0.274. The highest BCUT2D eigenvalue weighted by Gasteiger charge is 2.31. The van der Waals surface area contributed by atoms with Crippen LogP contribution < -0.4 is 20.3 Å². The molecule has 2 aromatic rings. The van der Waals surface area contributed by atoms with Crippen molar-refractivity contribution >= 4 is 11.8 Å². The molecule has 9 heteroatoms. The van der Waals surface area contributed by atoms with Crippen molar-refractivity contribution in [2.45, 2.75) is 19.5 Å². The number of ether oxygens (including phenoxy) is 1. The van der Waals surface area contributed by atoms with Gasteiger partial charge in [0, 0.05) is 33.3 Å². The van der Waals surface area contributed by atoms with Crippen LogP contribution in [0.25, 0.3) is 0 Å². The van der Waals surface area contributed by atoms with Crippen molar-refractivity contribution in [3.05, 3.63) is 53.7 Å². The van der Waals surface area contributed by atoms with Gasteiger partial charge in [0.2, 0.25) is 0 Å². The number of nitrogens with one attached hydrogen (secondary N) is 2. The molecule has 2 N–H and O–H groups in total. The van der Waals surface area contributed by atoms with Crippen LogP contribution in [0, 0.1) is 0 Å². The molecular formula is C18H22F3N5O. The second-order valence-corrected chi connectivity index (χ2v) is 5.82. The molecule has 146 valence electrons. The number of para-hydroxylation sites is 1. The Balaban J connectivity index is 1.96. The first kappa shape index (κ1) is 20.3. The fourth-order valence-electron chi connectivity index (χ4n) is 2.26.